The molecule has 2 nitrogen and oxygen atoms in total. The summed E-state index contributed by atoms with van der Waals surface area (Å²) in [5.41, 5.74) is 1.53. The van der Waals surface area contributed by atoms with Crippen molar-refractivity contribution < 1.29 is 18.3 Å². The Morgan fingerprint density at radius 3 is 2.14 bits per heavy atom. The molecular formula is C16H15BrF2O2. The lowest BCUT2D eigenvalue weighted by molar-refractivity contribution is 0.351. The summed E-state index contributed by atoms with van der Waals surface area (Å²) in [4.78, 5) is -0.479. The molecule has 0 fully saturated rings. The molecule has 0 N–H and O–H groups in total. The number of hydrogen-bond donors (Lipinski definition) is 0. The average Bonchev–Trinajstić information content (AvgIpc) is 2.49. The van der Waals surface area contributed by atoms with Crippen molar-refractivity contribution in [1.82, 2.24) is 0 Å². The van der Waals surface area contributed by atoms with Crippen molar-refractivity contribution in [2.24, 2.45) is 0 Å². The summed E-state index contributed by atoms with van der Waals surface area (Å²) in [6, 6.07) is 7.62. The molecular weight excluding hydrogens is 342 g/mol. The van der Waals surface area contributed by atoms with E-state index in [2.05, 4.69) is 15.9 Å². The summed E-state index contributed by atoms with van der Waals surface area (Å²) in [6.07, 6.45) is 0. The van der Waals surface area contributed by atoms with Gasteiger partial charge in [0.15, 0.2) is 11.5 Å². The van der Waals surface area contributed by atoms with E-state index < -0.39 is 10.6 Å². The first kappa shape index (κ1) is 15.8. The molecule has 21 heavy (non-hydrogen) atoms. The largest absolute Gasteiger partial charge is 0.493 e. The SMILES string of the molecule is COc1cc(F)c(C(Br)c2ccc(C)c(F)c2)cc1OC. The van der Waals surface area contributed by atoms with Crippen molar-refractivity contribution in [3.8, 4) is 11.5 Å². The number of alkyl halides is 1. The van der Waals surface area contributed by atoms with Crippen molar-refractivity contribution in [2.75, 3.05) is 14.2 Å². The molecule has 0 heterocycles. The van der Waals surface area contributed by atoms with E-state index in [4.69, 9.17) is 9.47 Å². The minimum absolute atomic E-state index is 0.313. The third-order valence-corrected chi connectivity index (χ3v) is 4.29. The lowest BCUT2D eigenvalue weighted by Crippen LogP contribution is -2.01. The second-order valence-corrected chi connectivity index (χ2v) is 5.52. The Labute approximate surface area is 130 Å². The van der Waals surface area contributed by atoms with Gasteiger partial charge in [0.25, 0.3) is 0 Å². The van der Waals surface area contributed by atoms with Gasteiger partial charge in [-0.25, -0.2) is 8.78 Å². The zero-order valence-electron chi connectivity index (χ0n) is 11.9. The van der Waals surface area contributed by atoms with Crippen LogP contribution >= 0.6 is 15.9 Å². The minimum atomic E-state index is -0.479. The third kappa shape index (κ3) is 3.18. The average molecular weight is 357 g/mol. The number of rotatable bonds is 4. The van der Waals surface area contributed by atoms with Gasteiger partial charge in [0.1, 0.15) is 11.6 Å². The fraction of sp³-hybridized carbons (Fsp3) is 0.250. The highest BCUT2D eigenvalue weighted by molar-refractivity contribution is 9.09. The Morgan fingerprint density at radius 1 is 0.952 bits per heavy atom. The van der Waals surface area contributed by atoms with Gasteiger partial charge < -0.3 is 9.47 Å². The van der Waals surface area contributed by atoms with E-state index in [1.165, 1.54) is 26.4 Å². The Hall–Kier alpha value is -1.62. The number of aryl methyl sites for hydroxylation is 1. The van der Waals surface area contributed by atoms with Gasteiger partial charge in [-0.15, -0.1) is 0 Å². The summed E-state index contributed by atoms with van der Waals surface area (Å²) in [6.45, 7) is 1.68. The molecule has 2 aromatic rings. The van der Waals surface area contributed by atoms with Crippen LogP contribution in [0.25, 0.3) is 0 Å². The topological polar surface area (TPSA) is 18.5 Å². The van der Waals surface area contributed by atoms with Crippen molar-refractivity contribution in [3.05, 3.63) is 58.7 Å². The highest BCUT2D eigenvalue weighted by Gasteiger charge is 2.19. The van der Waals surface area contributed by atoms with Crippen molar-refractivity contribution >= 4 is 15.9 Å². The predicted octanol–water partition coefficient (Wildman–Crippen LogP) is 4.77. The molecule has 0 saturated carbocycles. The van der Waals surface area contributed by atoms with E-state index in [1.54, 1.807) is 25.1 Å². The molecule has 0 bridgehead atoms. The van der Waals surface area contributed by atoms with Crippen molar-refractivity contribution in [3.63, 3.8) is 0 Å². The van der Waals surface area contributed by atoms with E-state index >= 15 is 0 Å². The maximum atomic E-state index is 14.2. The molecule has 2 aromatic carbocycles. The number of ether oxygens (including phenoxy) is 2. The minimum Gasteiger partial charge on any atom is -0.493 e. The number of halogens is 3. The van der Waals surface area contributed by atoms with Crippen LogP contribution < -0.4 is 9.47 Å². The Bertz CT molecular complexity index is 659. The normalized spacial score (nSPS) is 12.1. The van der Waals surface area contributed by atoms with Crippen molar-refractivity contribution in [1.29, 1.82) is 0 Å². The maximum Gasteiger partial charge on any atom is 0.163 e. The van der Waals surface area contributed by atoms with Crippen LogP contribution in [0.4, 0.5) is 8.78 Å². The van der Waals surface area contributed by atoms with Gasteiger partial charge in [0, 0.05) is 11.6 Å². The quantitative estimate of drug-likeness (QED) is 0.734. The van der Waals surface area contributed by atoms with E-state index in [1.807, 2.05) is 0 Å². The summed E-state index contributed by atoms with van der Waals surface area (Å²) in [5.74, 6) is -0.0344. The molecule has 0 radical (unpaired) electrons. The molecule has 0 aromatic heterocycles. The molecule has 0 saturated heterocycles. The monoisotopic (exact) mass is 356 g/mol. The van der Waals surface area contributed by atoms with Crippen LogP contribution in [0.1, 0.15) is 21.5 Å². The Kier molecular flexibility index (Phi) is 4.83. The molecule has 1 unspecified atom stereocenters. The molecule has 0 spiro atoms. The zero-order valence-corrected chi connectivity index (χ0v) is 13.5. The van der Waals surface area contributed by atoms with Gasteiger partial charge in [0.2, 0.25) is 0 Å². The van der Waals surface area contributed by atoms with Gasteiger partial charge in [-0.1, -0.05) is 28.1 Å². The van der Waals surface area contributed by atoms with Crippen LogP contribution in [-0.2, 0) is 0 Å². The summed E-state index contributed by atoms with van der Waals surface area (Å²) in [7, 11) is 2.92. The first-order valence-corrected chi connectivity index (χ1v) is 7.21. The lowest BCUT2D eigenvalue weighted by atomic mass is 10.0. The van der Waals surface area contributed by atoms with Gasteiger partial charge >= 0.3 is 0 Å². The molecule has 0 aliphatic carbocycles. The fourth-order valence-electron chi connectivity index (χ4n) is 2.01. The number of hydrogen-bond acceptors (Lipinski definition) is 2. The highest BCUT2D eigenvalue weighted by atomic mass is 79.9. The van der Waals surface area contributed by atoms with E-state index in [0.29, 0.717) is 28.2 Å². The molecule has 2 rings (SSSR count). The van der Waals surface area contributed by atoms with E-state index in [9.17, 15) is 8.78 Å². The van der Waals surface area contributed by atoms with Crippen LogP contribution in [-0.4, -0.2) is 14.2 Å². The maximum absolute atomic E-state index is 14.2. The van der Waals surface area contributed by atoms with Gasteiger partial charge in [-0.05, 0) is 30.2 Å². The van der Waals surface area contributed by atoms with Gasteiger partial charge in [0.05, 0.1) is 19.0 Å². The van der Waals surface area contributed by atoms with Crippen LogP contribution in [0.3, 0.4) is 0 Å². The van der Waals surface area contributed by atoms with E-state index in [0.717, 1.165) is 0 Å². The first-order chi connectivity index (χ1) is 9.97. The molecule has 1 atom stereocenters. The summed E-state index contributed by atoms with van der Waals surface area (Å²) >= 11 is 3.41. The van der Waals surface area contributed by atoms with Crippen LogP contribution in [0, 0.1) is 18.6 Å². The predicted molar refractivity (Wildman–Crippen MR) is 81.4 cm³/mol. The van der Waals surface area contributed by atoms with Gasteiger partial charge in [-0.3, -0.25) is 0 Å². The van der Waals surface area contributed by atoms with Crippen LogP contribution in [0.15, 0.2) is 30.3 Å². The molecule has 0 amide bonds. The smallest absolute Gasteiger partial charge is 0.163 e. The summed E-state index contributed by atoms with van der Waals surface area (Å²) < 4.78 is 38.1. The zero-order chi connectivity index (χ0) is 15.6. The Balaban J connectivity index is 2.47. The molecule has 5 heteroatoms. The molecule has 0 aliphatic heterocycles. The molecule has 0 aliphatic rings. The Morgan fingerprint density at radius 2 is 1.57 bits per heavy atom. The standard InChI is InChI=1S/C16H15BrF2O2/c1-9-4-5-10(6-12(9)18)16(17)11-7-14(20-2)15(21-3)8-13(11)19/h4-8,16H,1-3H3. The molecule has 112 valence electrons. The third-order valence-electron chi connectivity index (χ3n) is 3.26. The second-order valence-electron chi connectivity index (χ2n) is 4.60. The van der Waals surface area contributed by atoms with Crippen LogP contribution in [0.5, 0.6) is 11.5 Å². The van der Waals surface area contributed by atoms with E-state index in [-0.39, 0.29) is 5.82 Å². The van der Waals surface area contributed by atoms with Crippen LogP contribution in [0.2, 0.25) is 0 Å². The first-order valence-electron chi connectivity index (χ1n) is 6.29. The summed E-state index contributed by atoms with van der Waals surface area (Å²) in [5, 5.41) is 0. The number of benzene rings is 2. The highest BCUT2D eigenvalue weighted by Crippen LogP contribution is 2.38. The number of methoxy groups -OCH3 is 2. The fourth-order valence-corrected chi connectivity index (χ4v) is 2.65. The van der Waals surface area contributed by atoms with Crippen molar-refractivity contribution in [2.45, 2.75) is 11.8 Å². The lowest BCUT2D eigenvalue weighted by Gasteiger charge is -2.15. The van der Waals surface area contributed by atoms with Gasteiger partial charge in [-0.2, -0.15) is 0 Å². The second kappa shape index (κ2) is 6.43.